The first-order valence-corrected chi connectivity index (χ1v) is 6.42. The Bertz CT molecular complexity index is 433. The Morgan fingerprint density at radius 2 is 2.32 bits per heavy atom. The summed E-state index contributed by atoms with van der Waals surface area (Å²) in [5.41, 5.74) is 1.22. The van der Waals surface area contributed by atoms with Gasteiger partial charge in [0.05, 0.1) is 5.69 Å². The second kappa shape index (κ2) is 7.46. The Morgan fingerprint density at radius 3 is 3.00 bits per heavy atom. The molecule has 19 heavy (non-hydrogen) atoms. The van der Waals surface area contributed by atoms with Crippen molar-refractivity contribution in [3.8, 4) is 0 Å². The number of carbonyl (C=O) groups is 1. The predicted octanol–water partition coefficient (Wildman–Crippen LogP) is 2.88. The third kappa shape index (κ3) is 4.80. The summed E-state index contributed by atoms with van der Waals surface area (Å²) in [7, 11) is 0. The first-order chi connectivity index (χ1) is 8.65. The Kier molecular flexibility index (Phi) is 6.25. The lowest BCUT2D eigenvalue weighted by Crippen LogP contribution is -2.15. The van der Waals surface area contributed by atoms with Crippen molar-refractivity contribution >= 4 is 24.0 Å². The molecule has 1 saturated heterocycles. The van der Waals surface area contributed by atoms with Crippen molar-refractivity contribution in [1.29, 1.82) is 0 Å². The van der Waals surface area contributed by atoms with Gasteiger partial charge in [-0.15, -0.1) is 12.4 Å². The quantitative estimate of drug-likeness (QED) is 0.894. The lowest BCUT2D eigenvalue weighted by molar-refractivity contribution is -0.116. The van der Waals surface area contributed by atoms with Crippen LogP contribution in [-0.2, 0) is 4.79 Å². The summed E-state index contributed by atoms with van der Waals surface area (Å²) in [6, 6.07) is 4.73. The van der Waals surface area contributed by atoms with Crippen LogP contribution in [0, 0.1) is 18.7 Å². The lowest BCUT2D eigenvalue weighted by Gasteiger charge is -2.09. The molecule has 1 aromatic carbocycles. The molecule has 1 heterocycles. The Balaban J connectivity index is 0.00000180. The molecule has 1 aliphatic rings. The van der Waals surface area contributed by atoms with E-state index in [2.05, 4.69) is 10.6 Å². The van der Waals surface area contributed by atoms with Gasteiger partial charge >= 0.3 is 0 Å². The Morgan fingerprint density at radius 1 is 1.53 bits per heavy atom. The number of rotatable bonds is 4. The van der Waals surface area contributed by atoms with Gasteiger partial charge in [-0.1, -0.05) is 6.07 Å². The molecule has 0 aromatic heterocycles. The van der Waals surface area contributed by atoms with Gasteiger partial charge in [-0.05, 0) is 56.5 Å². The third-order valence-electron chi connectivity index (χ3n) is 3.34. The van der Waals surface area contributed by atoms with Gasteiger partial charge in [-0.25, -0.2) is 4.39 Å². The first-order valence-electron chi connectivity index (χ1n) is 6.42. The fraction of sp³-hybridized carbons (Fsp3) is 0.500. The largest absolute Gasteiger partial charge is 0.324 e. The normalized spacial score (nSPS) is 17.9. The minimum absolute atomic E-state index is 0. The highest BCUT2D eigenvalue weighted by molar-refractivity contribution is 5.90. The van der Waals surface area contributed by atoms with Crippen LogP contribution in [0.2, 0.25) is 0 Å². The first kappa shape index (κ1) is 15.9. The van der Waals surface area contributed by atoms with Gasteiger partial charge < -0.3 is 10.6 Å². The molecule has 1 unspecified atom stereocenters. The van der Waals surface area contributed by atoms with E-state index in [4.69, 9.17) is 0 Å². The molecule has 0 radical (unpaired) electrons. The number of carbonyl (C=O) groups excluding carboxylic acids is 1. The Labute approximate surface area is 119 Å². The molecule has 0 aliphatic carbocycles. The zero-order chi connectivity index (χ0) is 13.0. The van der Waals surface area contributed by atoms with Gasteiger partial charge in [0.1, 0.15) is 5.82 Å². The van der Waals surface area contributed by atoms with Gasteiger partial charge in [-0.2, -0.15) is 0 Å². The van der Waals surface area contributed by atoms with E-state index in [0.717, 1.165) is 31.5 Å². The van der Waals surface area contributed by atoms with Crippen LogP contribution < -0.4 is 10.6 Å². The van der Waals surface area contributed by atoms with Crippen molar-refractivity contribution in [2.75, 3.05) is 18.4 Å². The van der Waals surface area contributed by atoms with Gasteiger partial charge in [-0.3, -0.25) is 4.79 Å². The fourth-order valence-corrected chi connectivity index (χ4v) is 2.24. The highest BCUT2D eigenvalue weighted by atomic mass is 35.5. The monoisotopic (exact) mass is 286 g/mol. The lowest BCUT2D eigenvalue weighted by atomic mass is 10.0. The SMILES string of the molecule is Cc1ccc(F)c(NC(=O)CCC2CCNC2)c1.Cl. The minimum atomic E-state index is -0.378. The van der Waals surface area contributed by atoms with Crippen LogP contribution in [0.25, 0.3) is 0 Å². The standard InChI is InChI=1S/C14H19FN2O.ClH/c1-10-2-4-12(15)13(8-10)17-14(18)5-3-11-6-7-16-9-11;/h2,4,8,11,16H,3,5-7,9H2,1H3,(H,17,18);1H. The molecule has 2 rings (SSSR count). The molecule has 0 bridgehead atoms. The number of amides is 1. The minimum Gasteiger partial charge on any atom is -0.324 e. The molecule has 5 heteroatoms. The topological polar surface area (TPSA) is 41.1 Å². The van der Waals surface area contributed by atoms with Crippen LogP contribution in [0.5, 0.6) is 0 Å². The number of anilines is 1. The maximum atomic E-state index is 13.4. The molecule has 106 valence electrons. The summed E-state index contributed by atoms with van der Waals surface area (Å²) >= 11 is 0. The summed E-state index contributed by atoms with van der Waals surface area (Å²) in [6.07, 6.45) is 2.46. The summed E-state index contributed by atoms with van der Waals surface area (Å²) in [6.45, 7) is 3.91. The molecular weight excluding hydrogens is 267 g/mol. The molecule has 0 saturated carbocycles. The average molecular weight is 287 g/mol. The van der Waals surface area contributed by atoms with Crippen LogP contribution in [0.3, 0.4) is 0 Å². The average Bonchev–Trinajstić information content (AvgIpc) is 2.84. The molecule has 3 nitrogen and oxygen atoms in total. The van der Waals surface area contributed by atoms with Crippen molar-refractivity contribution in [3.63, 3.8) is 0 Å². The number of hydrogen-bond acceptors (Lipinski definition) is 2. The summed E-state index contributed by atoms with van der Waals surface area (Å²) in [5.74, 6) is 0.0981. The van der Waals surface area contributed by atoms with Gasteiger partial charge in [0, 0.05) is 6.42 Å². The number of halogens is 2. The van der Waals surface area contributed by atoms with Crippen LogP contribution in [0.1, 0.15) is 24.8 Å². The van der Waals surface area contributed by atoms with Crippen LogP contribution in [0.15, 0.2) is 18.2 Å². The molecular formula is C14H20ClFN2O. The van der Waals surface area contributed by atoms with Crippen molar-refractivity contribution in [2.24, 2.45) is 5.92 Å². The fourth-order valence-electron chi connectivity index (χ4n) is 2.24. The van der Waals surface area contributed by atoms with Crippen LogP contribution in [0.4, 0.5) is 10.1 Å². The van der Waals surface area contributed by atoms with Crippen molar-refractivity contribution in [1.82, 2.24) is 5.32 Å². The van der Waals surface area contributed by atoms with Crippen molar-refractivity contribution < 1.29 is 9.18 Å². The Hall–Kier alpha value is -1.13. The van der Waals surface area contributed by atoms with E-state index in [-0.39, 0.29) is 29.8 Å². The van der Waals surface area contributed by atoms with E-state index in [1.165, 1.54) is 6.07 Å². The van der Waals surface area contributed by atoms with Gasteiger partial charge in [0.15, 0.2) is 0 Å². The van der Waals surface area contributed by atoms with Crippen molar-refractivity contribution in [3.05, 3.63) is 29.6 Å². The van der Waals surface area contributed by atoms with E-state index in [9.17, 15) is 9.18 Å². The second-order valence-corrected chi connectivity index (χ2v) is 4.93. The molecule has 1 amide bonds. The van der Waals surface area contributed by atoms with E-state index < -0.39 is 0 Å². The maximum absolute atomic E-state index is 13.4. The summed E-state index contributed by atoms with van der Waals surface area (Å²) < 4.78 is 13.4. The van der Waals surface area contributed by atoms with Gasteiger partial charge in [0.25, 0.3) is 0 Å². The summed E-state index contributed by atoms with van der Waals surface area (Å²) in [5, 5.41) is 5.91. The van der Waals surface area contributed by atoms with E-state index in [1.807, 2.05) is 6.92 Å². The highest BCUT2D eigenvalue weighted by Crippen LogP contribution is 2.18. The molecule has 1 aliphatic heterocycles. The molecule has 0 spiro atoms. The van der Waals surface area contributed by atoms with E-state index >= 15 is 0 Å². The molecule has 1 atom stereocenters. The number of benzene rings is 1. The zero-order valence-corrected chi connectivity index (χ0v) is 11.9. The predicted molar refractivity (Wildman–Crippen MR) is 77.2 cm³/mol. The van der Waals surface area contributed by atoms with Crippen LogP contribution >= 0.6 is 12.4 Å². The molecule has 1 fully saturated rings. The zero-order valence-electron chi connectivity index (χ0n) is 11.0. The van der Waals surface area contributed by atoms with E-state index in [0.29, 0.717) is 12.3 Å². The van der Waals surface area contributed by atoms with Gasteiger partial charge in [0.2, 0.25) is 5.91 Å². The maximum Gasteiger partial charge on any atom is 0.224 e. The number of hydrogen-bond donors (Lipinski definition) is 2. The van der Waals surface area contributed by atoms with Crippen molar-refractivity contribution in [2.45, 2.75) is 26.2 Å². The number of aryl methyl sites for hydroxylation is 1. The smallest absolute Gasteiger partial charge is 0.224 e. The molecule has 2 N–H and O–H groups in total. The highest BCUT2D eigenvalue weighted by Gasteiger charge is 2.16. The molecule has 1 aromatic rings. The third-order valence-corrected chi connectivity index (χ3v) is 3.34. The number of nitrogens with one attached hydrogen (secondary N) is 2. The van der Waals surface area contributed by atoms with E-state index in [1.54, 1.807) is 12.1 Å². The van der Waals surface area contributed by atoms with Crippen LogP contribution in [-0.4, -0.2) is 19.0 Å². The summed E-state index contributed by atoms with van der Waals surface area (Å²) in [4.78, 5) is 11.7. The second-order valence-electron chi connectivity index (χ2n) is 4.93.